The van der Waals surface area contributed by atoms with E-state index >= 15 is 0 Å². The maximum atomic E-state index is 5.99. The van der Waals surface area contributed by atoms with E-state index in [0.717, 1.165) is 25.0 Å². The molecule has 0 aliphatic carbocycles. The van der Waals surface area contributed by atoms with Crippen LogP contribution in [0.2, 0.25) is 0 Å². The van der Waals surface area contributed by atoms with Crippen LogP contribution in [0.15, 0.2) is 43.0 Å². The van der Waals surface area contributed by atoms with E-state index in [9.17, 15) is 0 Å². The molecule has 1 fully saturated rings. The molecule has 1 heterocycles. The second-order valence-electron chi connectivity index (χ2n) is 4.10. The van der Waals surface area contributed by atoms with Crippen LogP contribution < -0.4 is 0 Å². The first kappa shape index (κ1) is 13.1. The van der Waals surface area contributed by atoms with Crippen LogP contribution in [0.25, 0.3) is 0 Å². The molecule has 1 aromatic rings. The van der Waals surface area contributed by atoms with Crippen LogP contribution in [0.3, 0.4) is 0 Å². The molecular weight excluding hydrogens is 327 g/mol. The van der Waals surface area contributed by atoms with E-state index in [1.165, 1.54) is 0 Å². The Kier molecular flexibility index (Phi) is 5.00. The van der Waals surface area contributed by atoms with E-state index in [1.807, 2.05) is 24.3 Å². The van der Waals surface area contributed by atoms with Gasteiger partial charge in [0.2, 0.25) is 0 Å². The summed E-state index contributed by atoms with van der Waals surface area (Å²) in [5, 5.41) is 0. The van der Waals surface area contributed by atoms with Crippen LogP contribution in [0.4, 0.5) is 0 Å². The molecule has 0 N–H and O–H groups in total. The number of benzene rings is 1. The van der Waals surface area contributed by atoms with E-state index in [-0.39, 0.29) is 12.4 Å². The van der Waals surface area contributed by atoms with Gasteiger partial charge in [0.05, 0.1) is 3.92 Å². The van der Waals surface area contributed by atoms with Crippen molar-refractivity contribution < 1.29 is 9.47 Å². The van der Waals surface area contributed by atoms with Crippen molar-refractivity contribution in [2.45, 2.75) is 29.2 Å². The molecule has 17 heavy (non-hydrogen) atoms. The molecule has 1 aliphatic rings. The zero-order valence-electron chi connectivity index (χ0n) is 9.72. The Labute approximate surface area is 116 Å². The van der Waals surface area contributed by atoms with Gasteiger partial charge in [-0.2, -0.15) is 0 Å². The molecule has 1 unspecified atom stereocenters. The Hall–Kier alpha value is -0.390. The fourth-order valence-electron chi connectivity index (χ4n) is 1.90. The molecule has 92 valence electrons. The van der Waals surface area contributed by atoms with Gasteiger partial charge in [-0.3, -0.25) is 0 Å². The van der Waals surface area contributed by atoms with Gasteiger partial charge in [0.1, 0.15) is 6.10 Å². The lowest BCUT2D eigenvalue weighted by Gasteiger charge is -2.30. The Morgan fingerprint density at radius 1 is 1.41 bits per heavy atom. The van der Waals surface area contributed by atoms with Crippen molar-refractivity contribution >= 4 is 22.6 Å². The number of rotatable bonds is 4. The summed E-state index contributed by atoms with van der Waals surface area (Å²) in [5.41, 5.74) is 1.13. The number of halogens is 1. The van der Waals surface area contributed by atoms with Crippen LogP contribution in [-0.4, -0.2) is 16.8 Å². The molecule has 1 aliphatic heterocycles. The summed E-state index contributed by atoms with van der Waals surface area (Å²) in [7, 11) is 0. The first-order chi connectivity index (χ1) is 8.31. The fourth-order valence-corrected chi connectivity index (χ4v) is 2.72. The Bertz CT molecular complexity index is 352. The third-order valence-electron chi connectivity index (χ3n) is 2.82. The first-order valence-electron chi connectivity index (χ1n) is 5.90. The molecule has 3 atom stereocenters. The fraction of sp³-hybridized carbons (Fsp3) is 0.429. The Balaban J connectivity index is 2.02. The molecule has 0 saturated carbocycles. The largest absolute Gasteiger partial charge is 0.351 e. The monoisotopic (exact) mass is 344 g/mol. The average Bonchev–Trinajstić information content (AvgIpc) is 2.39. The van der Waals surface area contributed by atoms with Crippen molar-refractivity contribution in [3.63, 3.8) is 0 Å². The lowest BCUT2D eigenvalue weighted by atomic mass is 10.1. The van der Waals surface area contributed by atoms with Crippen molar-refractivity contribution in [2.24, 2.45) is 0 Å². The zero-order valence-corrected chi connectivity index (χ0v) is 11.9. The first-order valence-corrected chi connectivity index (χ1v) is 7.14. The van der Waals surface area contributed by atoms with E-state index in [0.29, 0.717) is 3.92 Å². The highest BCUT2D eigenvalue weighted by Gasteiger charge is 2.26. The summed E-state index contributed by atoms with van der Waals surface area (Å²) >= 11 is 2.40. The molecule has 2 rings (SSSR count). The van der Waals surface area contributed by atoms with Gasteiger partial charge in [0.15, 0.2) is 6.29 Å². The van der Waals surface area contributed by atoms with Crippen LogP contribution >= 0.6 is 22.6 Å². The van der Waals surface area contributed by atoms with Gasteiger partial charge in [-0.15, -0.1) is 6.58 Å². The highest BCUT2D eigenvalue weighted by molar-refractivity contribution is 14.1. The molecule has 1 saturated heterocycles. The highest BCUT2D eigenvalue weighted by atomic mass is 127. The van der Waals surface area contributed by atoms with E-state index in [2.05, 4.69) is 41.3 Å². The second-order valence-corrected chi connectivity index (χ2v) is 5.70. The number of hydrogen-bond donors (Lipinski definition) is 0. The Morgan fingerprint density at radius 3 is 2.82 bits per heavy atom. The number of hydrogen-bond acceptors (Lipinski definition) is 2. The number of alkyl halides is 1. The molecule has 2 nitrogen and oxygen atoms in total. The lowest BCUT2D eigenvalue weighted by Crippen LogP contribution is -2.33. The minimum atomic E-state index is -0.118. The summed E-state index contributed by atoms with van der Waals surface area (Å²) < 4.78 is 12.1. The molecule has 3 heteroatoms. The summed E-state index contributed by atoms with van der Waals surface area (Å²) in [5.74, 6) is 0. The molecule has 0 amide bonds. The van der Waals surface area contributed by atoms with E-state index in [1.54, 1.807) is 0 Å². The number of ether oxygens (including phenoxy) is 2. The highest BCUT2D eigenvalue weighted by Crippen LogP contribution is 2.28. The van der Waals surface area contributed by atoms with Gasteiger partial charge in [-0.25, -0.2) is 0 Å². The summed E-state index contributed by atoms with van der Waals surface area (Å²) in [4.78, 5) is 0. The second kappa shape index (κ2) is 6.52. The van der Waals surface area contributed by atoms with Crippen molar-refractivity contribution in [2.75, 3.05) is 6.61 Å². The van der Waals surface area contributed by atoms with Crippen LogP contribution in [0.1, 0.15) is 24.5 Å². The van der Waals surface area contributed by atoms with Gasteiger partial charge in [-0.05, 0) is 18.4 Å². The molecule has 0 bridgehead atoms. The Morgan fingerprint density at radius 2 is 2.18 bits per heavy atom. The third kappa shape index (κ3) is 3.53. The van der Waals surface area contributed by atoms with Gasteiger partial charge in [0.25, 0.3) is 0 Å². The minimum absolute atomic E-state index is 0.0865. The SMILES string of the molecule is C=CC(O[C@H]1OCCC[C@@H]1I)c1ccccc1. The van der Waals surface area contributed by atoms with Crippen LogP contribution in [0.5, 0.6) is 0 Å². The molecule has 0 spiro atoms. The van der Waals surface area contributed by atoms with Crippen molar-refractivity contribution in [1.82, 2.24) is 0 Å². The van der Waals surface area contributed by atoms with Gasteiger partial charge in [-0.1, -0.05) is 59.0 Å². The van der Waals surface area contributed by atoms with Gasteiger partial charge < -0.3 is 9.47 Å². The predicted molar refractivity (Wildman–Crippen MR) is 77.2 cm³/mol. The summed E-state index contributed by atoms with van der Waals surface area (Å²) in [6.45, 7) is 4.64. The van der Waals surface area contributed by atoms with Gasteiger partial charge >= 0.3 is 0 Å². The minimum Gasteiger partial charge on any atom is -0.351 e. The standard InChI is InChI=1S/C14H17IO2/c1-2-13(11-7-4-3-5-8-11)17-14-12(15)9-6-10-16-14/h2-5,7-8,12-14H,1,6,9-10H2/t12-,13?,14+/m0/s1. The summed E-state index contributed by atoms with van der Waals surface area (Å²) in [6.07, 6.45) is 3.90. The quantitative estimate of drug-likeness (QED) is 0.469. The maximum absolute atomic E-state index is 5.99. The topological polar surface area (TPSA) is 18.5 Å². The van der Waals surface area contributed by atoms with Crippen LogP contribution in [0, 0.1) is 0 Å². The maximum Gasteiger partial charge on any atom is 0.170 e. The van der Waals surface area contributed by atoms with Crippen molar-refractivity contribution in [1.29, 1.82) is 0 Å². The smallest absolute Gasteiger partial charge is 0.170 e. The predicted octanol–water partition coefficient (Wildman–Crippen LogP) is 3.87. The third-order valence-corrected chi connectivity index (χ3v) is 4.03. The van der Waals surface area contributed by atoms with E-state index < -0.39 is 0 Å². The van der Waals surface area contributed by atoms with Crippen LogP contribution in [-0.2, 0) is 9.47 Å². The van der Waals surface area contributed by atoms with Crippen molar-refractivity contribution in [3.8, 4) is 0 Å². The molecular formula is C14H17IO2. The normalized spacial score (nSPS) is 26.4. The summed E-state index contributed by atoms with van der Waals surface area (Å²) in [6, 6.07) is 10.1. The lowest BCUT2D eigenvalue weighted by molar-refractivity contribution is -0.173. The zero-order chi connectivity index (χ0) is 12.1. The van der Waals surface area contributed by atoms with E-state index in [4.69, 9.17) is 9.47 Å². The molecule has 0 radical (unpaired) electrons. The van der Waals surface area contributed by atoms with Gasteiger partial charge in [0, 0.05) is 6.61 Å². The molecule has 0 aromatic heterocycles. The van der Waals surface area contributed by atoms with Crippen molar-refractivity contribution in [3.05, 3.63) is 48.6 Å². The average molecular weight is 344 g/mol. The molecule has 1 aromatic carbocycles.